The minimum atomic E-state index is -0.364. The Kier molecular flexibility index (Phi) is 6.21. The fourth-order valence-electron chi connectivity index (χ4n) is 1.34. The van der Waals surface area contributed by atoms with Crippen LogP contribution in [0.3, 0.4) is 0 Å². The third-order valence-corrected chi connectivity index (χ3v) is 2.84. The molecule has 1 unspecified atom stereocenters. The van der Waals surface area contributed by atoms with Gasteiger partial charge in [0.25, 0.3) is 0 Å². The van der Waals surface area contributed by atoms with Crippen LogP contribution in [0.5, 0.6) is 0 Å². The van der Waals surface area contributed by atoms with Crippen molar-refractivity contribution in [1.82, 2.24) is 0 Å². The molecule has 15 heavy (non-hydrogen) atoms. The normalized spacial score (nSPS) is 13.2. The zero-order chi connectivity index (χ0) is 10.9. The molecule has 0 radical (unpaired) electrons. The fourth-order valence-corrected chi connectivity index (χ4v) is 1.71. The van der Waals surface area contributed by atoms with Gasteiger partial charge in [-0.1, -0.05) is 42.5 Å². The summed E-state index contributed by atoms with van der Waals surface area (Å²) in [7, 11) is 0. The Morgan fingerprint density at radius 1 is 1.27 bits per heavy atom. The topological polar surface area (TPSA) is 20.2 Å². The van der Waals surface area contributed by atoms with Crippen molar-refractivity contribution in [2.75, 3.05) is 12.0 Å². The molecule has 0 amide bonds. The minimum Gasteiger partial charge on any atom is -0.388 e. The van der Waals surface area contributed by atoms with Crippen molar-refractivity contribution in [2.45, 2.75) is 18.9 Å². The maximum atomic E-state index is 9.82. The lowest BCUT2D eigenvalue weighted by Gasteiger charge is -2.07. The quantitative estimate of drug-likeness (QED) is 0.588. The second-order valence-corrected chi connectivity index (χ2v) is 4.40. The van der Waals surface area contributed by atoms with Crippen LogP contribution in [-0.4, -0.2) is 17.1 Å². The number of benzene rings is 1. The van der Waals surface area contributed by atoms with Gasteiger partial charge in [0.15, 0.2) is 0 Å². The van der Waals surface area contributed by atoms with Crippen LogP contribution < -0.4 is 0 Å². The van der Waals surface area contributed by atoms with E-state index in [2.05, 4.69) is 18.4 Å². The van der Waals surface area contributed by atoms with Gasteiger partial charge in [-0.3, -0.25) is 0 Å². The average molecular weight is 222 g/mol. The highest BCUT2D eigenvalue weighted by Gasteiger charge is 2.02. The lowest BCUT2D eigenvalue weighted by molar-refractivity contribution is 0.181. The molecule has 0 aliphatic carbocycles. The van der Waals surface area contributed by atoms with Crippen LogP contribution in [0.15, 0.2) is 42.5 Å². The number of thioether (sulfide) groups is 1. The van der Waals surface area contributed by atoms with Gasteiger partial charge in [0.05, 0.1) is 6.10 Å². The smallest absolute Gasteiger partial charge is 0.0824 e. The summed E-state index contributed by atoms with van der Waals surface area (Å²) in [6, 6.07) is 9.79. The molecule has 1 aromatic carbocycles. The lowest BCUT2D eigenvalue weighted by Crippen LogP contribution is -1.94. The van der Waals surface area contributed by atoms with E-state index in [1.165, 1.54) is 0 Å². The van der Waals surface area contributed by atoms with E-state index in [9.17, 15) is 5.11 Å². The van der Waals surface area contributed by atoms with E-state index >= 15 is 0 Å². The summed E-state index contributed by atoms with van der Waals surface area (Å²) in [6.07, 6.45) is 7.74. The van der Waals surface area contributed by atoms with Crippen LogP contribution in [0, 0.1) is 0 Å². The Morgan fingerprint density at radius 3 is 2.67 bits per heavy atom. The number of aliphatic hydroxyl groups is 1. The maximum absolute atomic E-state index is 9.82. The molecular weight excluding hydrogens is 204 g/mol. The number of hydrogen-bond acceptors (Lipinski definition) is 2. The van der Waals surface area contributed by atoms with Crippen LogP contribution in [0.4, 0.5) is 0 Å². The Labute approximate surface area is 96.2 Å². The van der Waals surface area contributed by atoms with Gasteiger partial charge < -0.3 is 5.11 Å². The molecule has 82 valence electrons. The van der Waals surface area contributed by atoms with Crippen molar-refractivity contribution in [3.05, 3.63) is 48.0 Å². The van der Waals surface area contributed by atoms with Crippen molar-refractivity contribution in [2.24, 2.45) is 0 Å². The zero-order valence-corrected chi connectivity index (χ0v) is 9.91. The van der Waals surface area contributed by atoms with Crippen LogP contribution in [0.25, 0.3) is 0 Å². The summed E-state index contributed by atoms with van der Waals surface area (Å²) in [5.74, 6) is 1.15. The Bertz CT molecular complexity index is 282. The van der Waals surface area contributed by atoms with Crippen LogP contribution in [0.2, 0.25) is 0 Å². The first-order valence-electron chi connectivity index (χ1n) is 5.21. The van der Waals surface area contributed by atoms with E-state index in [0.717, 1.165) is 17.7 Å². The molecule has 1 N–H and O–H groups in total. The van der Waals surface area contributed by atoms with E-state index in [0.29, 0.717) is 6.42 Å². The Hall–Kier alpha value is -0.730. The second-order valence-electron chi connectivity index (χ2n) is 3.42. The second kappa shape index (κ2) is 7.55. The third-order valence-electron chi connectivity index (χ3n) is 2.20. The molecule has 2 heteroatoms. The van der Waals surface area contributed by atoms with Gasteiger partial charge >= 0.3 is 0 Å². The van der Waals surface area contributed by atoms with Crippen molar-refractivity contribution >= 4 is 11.8 Å². The average Bonchev–Trinajstić information content (AvgIpc) is 2.30. The summed E-state index contributed by atoms with van der Waals surface area (Å²) in [6.45, 7) is 0. The Morgan fingerprint density at radius 2 is 2.00 bits per heavy atom. The molecule has 1 aromatic rings. The minimum absolute atomic E-state index is 0.364. The van der Waals surface area contributed by atoms with E-state index in [-0.39, 0.29) is 6.10 Å². The lowest BCUT2D eigenvalue weighted by atomic mass is 10.1. The molecule has 0 aromatic heterocycles. The van der Waals surface area contributed by atoms with Crippen molar-refractivity contribution < 1.29 is 5.11 Å². The molecule has 0 heterocycles. The molecule has 0 aliphatic rings. The maximum Gasteiger partial charge on any atom is 0.0824 e. The van der Waals surface area contributed by atoms with Gasteiger partial charge in [-0.05, 0) is 30.4 Å². The third kappa shape index (κ3) is 5.05. The molecule has 0 bridgehead atoms. The standard InChI is InChI=1S/C13H18OS/c1-15-11-7-3-6-10-13(14)12-8-4-2-5-9-12/h2-6,8-9,13-14H,7,10-11H2,1H3/b6-3+. The number of hydrogen-bond donors (Lipinski definition) is 1. The number of allylic oxidation sites excluding steroid dienone is 1. The van der Waals surface area contributed by atoms with E-state index in [4.69, 9.17) is 0 Å². The predicted molar refractivity (Wildman–Crippen MR) is 68.2 cm³/mol. The number of aliphatic hydroxyl groups excluding tert-OH is 1. The van der Waals surface area contributed by atoms with E-state index in [1.807, 2.05) is 42.1 Å². The van der Waals surface area contributed by atoms with Crippen molar-refractivity contribution in [3.8, 4) is 0 Å². The fraction of sp³-hybridized carbons (Fsp3) is 0.385. The first kappa shape index (κ1) is 12.3. The Balaban J connectivity index is 2.30. The van der Waals surface area contributed by atoms with Gasteiger partial charge in [-0.25, -0.2) is 0 Å². The summed E-state index contributed by atoms with van der Waals surface area (Å²) in [5, 5.41) is 9.82. The monoisotopic (exact) mass is 222 g/mol. The molecule has 0 aliphatic heterocycles. The van der Waals surface area contributed by atoms with Gasteiger partial charge in [-0.2, -0.15) is 11.8 Å². The van der Waals surface area contributed by atoms with Crippen LogP contribution in [0.1, 0.15) is 24.5 Å². The van der Waals surface area contributed by atoms with Gasteiger partial charge in [-0.15, -0.1) is 0 Å². The van der Waals surface area contributed by atoms with Gasteiger partial charge in [0, 0.05) is 0 Å². The highest BCUT2D eigenvalue weighted by atomic mass is 32.2. The van der Waals surface area contributed by atoms with E-state index < -0.39 is 0 Å². The SMILES string of the molecule is CSCC/C=C/CC(O)c1ccccc1. The van der Waals surface area contributed by atoms with Crippen LogP contribution in [-0.2, 0) is 0 Å². The first-order valence-corrected chi connectivity index (χ1v) is 6.61. The van der Waals surface area contributed by atoms with Crippen molar-refractivity contribution in [3.63, 3.8) is 0 Å². The molecule has 1 nitrogen and oxygen atoms in total. The van der Waals surface area contributed by atoms with E-state index in [1.54, 1.807) is 0 Å². The molecule has 0 saturated carbocycles. The zero-order valence-electron chi connectivity index (χ0n) is 9.10. The first-order chi connectivity index (χ1) is 7.34. The summed E-state index contributed by atoms with van der Waals surface area (Å²) >= 11 is 1.84. The number of rotatable bonds is 6. The molecular formula is C13H18OS. The predicted octanol–water partition coefficient (Wildman–Crippen LogP) is 3.42. The van der Waals surface area contributed by atoms with Gasteiger partial charge in [0.2, 0.25) is 0 Å². The molecule has 1 rings (SSSR count). The molecule has 0 spiro atoms. The molecule has 0 saturated heterocycles. The summed E-state index contributed by atoms with van der Waals surface area (Å²) in [5.41, 5.74) is 0.993. The summed E-state index contributed by atoms with van der Waals surface area (Å²) in [4.78, 5) is 0. The molecule has 1 atom stereocenters. The van der Waals surface area contributed by atoms with Crippen molar-refractivity contribution in [1.29, 1.82) is 0 Å². The van der Waals surface area contributed by atoms with Crippen LogP contribution >= 0.6 is 11.8 Å². The van der Waals surface area contributed by atoms with Gasteiger partial charge in [0.1, 0.15) is 0 Å². The largest absolute Gasteiger partial charge is 0.388 e. The highest BCUT2D eigenvalue weighted by Crippen LogP contribution is 2.16. The highest BCUT2D eigenvalue weighted by molar-refractivity contribution is 7.98. The molecule has 0 fully saturated rings. The summed E-state index contributed by atoms with van der Waals surface area (Å²) < 4.78 is 0.